The van der Waals surface area contributed by atoms with Crippen molar-refractivity contribution in [1.82, 2.24) is 0 Å². The maximum absolute atomic E-state index is 12.4. The van der Waals surface area contributed by atoms with E-state index < -0.39 is 20.5 Å². The van der Waals surface area contributed by atoms with Gasteiger partial charge in [0, 0.05) is 11.6 Å². The van der Waals surface area contributed by atoms with Crippen molar-refractivity contribution < 1.29 is 13.2 Å². The second-order valence-corrected chi connectivity index (χ2v) is 7.16. The molecule has 1 aliphatic rings. The second kappa shape index (κ2) is 5.12. The Morgan fingerprint density at radius 1 is 1.47 bits per heavy atom. The lowest BCUT2D eigenvalue weighted by atomic mass is 10.1. The van der Waals surface area contributed by atoms with Crippen LogP contribution in [-0.4, -0.2) is 26.9 Å². The predicted octanol–water partition coefficient (Wildman–Crippen LogP) is 2.43. The van der Waals surface area contributed by atoms with Crippen molar-refractivity contribution in [2.45, 2.75) is 23.5 Å². The van der Waals surface area contributed by atoms with Crippen LogP contribution in [0.1, 0.15) is 13.3 Å². The van der Waals surface area contributed by atoms with E-state index in [9.17, 15) is 13.7 Å². The molecule has 2 rings (SSSR count). The number of sulfone groups is 1. The minimum Gasteiger partial charge on any atom is -0.380 e. The van der Waals surface area contributed by atoms with Crippen LogP contribution in [0.25, 0.3) is 0 Å². The van der Waals surface area contributed by atoms with Gasteiger partial charge in [0.05, 0.1) is 28.2 Å². The Bertz CT molecular complexity index is 606. The third kappa shape index (κ3) is 2.62. The number of hydrogen-bond donors (Lipinski definition) is 0. The first kappa shape index (κ1) is 14.3. The molecule has 2 atom stereocenters. The Hall–Kier alpha value is -1.09. The highest BCUT2D eigenvalue weighted by atomic mass is 35.5. The van der Waals surface area contributed by atoms with Crippen LogP contribution in [0.3, 0.4) is 0 Å². The molecule has 0 N–H and O–H groups in total. The van der Waals surface area contributed by atoms with Crippen molar-refractivity contribution >= 4 is 21.4 Å². The van der Waals surface area contributed by atoms with Gasteiger partial charge in [-0.3, -0.25) is 0 Å². The summed E-state index contributed by atoms with van der Waals surface area (Å²) in [6.45, 7) is 2.45. The molecule has 0 spiro atoms. The zero-order valence-corrected chi connectivity index (χ0v) is 12.0. The molecule has 0 aliphatic heterocycles. The molecule has 6 heteroatoms. The van der Waals surface area contributed by atoms with Gasteiger partial charge in [-0.2, -0.15) is 5.26 Å². The highest BCUT2D eigenvalue weighted by Crippen LogP contribution is 2.52. The van der Waals surface area contributed by atoms with E-state index in [0.29, 0.717) is 18.1 Å². The number of rotatable bonds is 5. The van der Waals surface area contributed by atoms with Crippen molar-refractivity contribution in [2.24, 2.45) is 5.41 Å². The van der Waals surface area contributed by atoms with E-state index in [4.69, 9.17) is 16.3 Å². The zero-order valence-electron chi connectivity index (χ0n) is 10.5. The summed E-state index contributed by atoms with van der Waals surface area (Å²) in [5.41, 5.74) is -0.894. The van der Waals surface area contributed by atoms with E-state index in [2.05, 4.69) is 6.07 Å². The molecule has 0 radical (unpaired) electrons. The van der Waals surface area contributed by atoms with Crippen LogP contribution in [0.4, 0.5) is 0 Å². The lowest BCUT2D eigenvalue weighted by Crippen LogP contribution is -2.19. The van der Waals surface area contributed by atoms with Crippen molar-refractivity contribution in [3.8, 4) is 6.07 Å². The molecule has 0 amide bonds. The molecule has 0 bridgehead atoms. The minimum atomic E-state index is -3.49. The number of nitrogens with zero attached hydrogens (tertiary/aromatic N) is 1. The van der Waals surface area contributed by atoms with Gasteiger partial charge in [0.25, 0.3) is 0 Å². The smallest absolute Gasteiger partial charge is 0.182 e. The van der Waals surface area contributed by atoms with Crippen LogP contribution in [-0.2, 0) is 14.6 Å². The van der Waals surface area contributed by atoms with Crippen LogP contribution in [0.15, 0.2) is 29.2 Å². The van der Waals surface area contributed by atoms with Crippen LogP contribution < -0.4 is 0 Å². The van der Waals surface area contributed by atoms with Crippen LogP contribution in [0.2, 0.25) is 5.02 Å². The van der Waals surface area contributed by atoms with Gasteiger partial charge in [-0.15, -0.1) is 0 Å². The fraction of sp³-hybridized carbons (Fsp3) is 0.462. The standard InChI is InChI=1S/C13H14ClNO3S/c1-2-18-9-13(8-15)7-12(13)19(16,17)11-5-3-10(14)4-6-11/h3-6,12H,2,7,9H2,1H3. The van der Waals surface area contributed by atoms with E-state index in [0.717, 1.165) is 0 Å². The number of benzene rings is 1. The Morgan fingerprint density at radius 3 is 2.63 bits per heavy atom. The molecule has 0 saturated heterocycles. The molecular formula is C13H14ClNO3S. The first-order valence-electron chi connectivity index (χ1n) is 5.95. The summed E-state index contributed by atoms with van der Waals surface area (Å²) >= 11 is 5.74. The van der Waals surface area contributed by atoms with Gasteiger partial charge in [-0.1, -0.05) is 11.6 Å². The molecule has 1 aromatic rings. The van der Waals surface area contributed by atoms with Gasteiger partial charge in [-0.25, -0.2) is 8.42 Å². The Kier molecular flexibility index (Phi) is 3.86. The summed E-state index contributed by atoms with van der Waals surface area (Å²) in [6.07, 6.45) is 0.328. The molecule has 4 nitrogen and oxygen atoms in total. The Morgan fingerprint density at radius 2 is 2.11 bits per heavy atom. The molecule has 1 saturated carbocycles. The van der Waals surface area contributed by atoms with Gasteiger partial charge in [-0.05, 0) is 37.6 Å². The lowest BCUT2D eigenvalue weighted by molar-refractivity contribution is 0.119. The fourth-order valence-electron chi connectivity index (χ4n) is 2.05. The van der Waals surface area contributed by atoms with Crippen LogP contribution >= 0.6 is 11.6 Å². The SMILES string of the molecule is CCOCC1(C#N)CC1S(=O)(=O)c1ccc(Cl)cc1. The first-order chi connectivity index (χ1) is 8.96. The summed E-state index contributed by atoms with van der Waals surface area (Å²) in [4.78, 5) is 0.204. The van der Waals surface area contributed by atoms with Crippen molar-refractivity contribution in [3.05, 3.63) is 29.3 Å². The molecule has 2 unspecified atom stereocenters. The maximum Gasteiger partial charge on any atom is 0.182 e. The second-order valence-electron chi connectivity index (χ2n) is 4.60. The first-order valence-corrected chi connectivity index (χ1v) is 7.87. The van der Waals surface area contributed by atoms with E-state index >= 15 is 0 Å². The normalized spacial score (nSPS) is 25.8. The highest BCUT2D eigenvalue weighted by Gasteiger charge is 2.62. The van der Waals surface area contributed by atoms with Gasteiger partial charge in [0.1, 0.15) is 0 Å². The number of hydrogen-bond acceptors (Lipinski definition) is 4. The van der Waals surface area contributed by atoms with Gasteiger partial charge < -0.3 is 4.74 Å². The molecule has 1 fully saturated rings. The van der Waals surface area contributed by atoms with Crippen LogP contribution in [0.5, 0.6) is 0 Å². The van der Waals surface area contributed by atoms with E-state index in [-0.39, 0.29) is 11.5 Å². The van der Waals surface area contributed by atoms with Crippen molar-refractivity contribution in [3.63, 3.8) is 0 Å². The summed E-state index contributed by atoms with van der Waals surface area (Å²) in [7, 11) is -3.49. The predicted molar refractivity (Wildman–Crippen MR) is 71.6 cm³/mol. The Labute approximate surface area is 117 Å². The quantitative estimate of drug-likeness (QED) is 0.837. The van der Waals surface area contributed by atoms with E-state index in [1.54, 1.807) is 0 Å². The summed E-state index contributed by atoms with van der Waals surface area (Å²) < 4.78 is 30.0. The molecule has 0 aromatic heterocycles. The largest absolute Gasteiger partial charge is 0.380 e. The molecule has 1 aromatic carbocycles. The van der Waals surface area contributed by atoms with Gasteiger partial charge in [0.15, 0.2) is 9.84 Å². The third-order valence-electron chi connectivity index (χ3n) is 3.31. The van der Waals surface area contributed by atoms with E-state index in [1.165, 1.54) is 24.3 Å². The fourth-order valence-corrected chi connectivity index (χ4v) is 4.25. The monoisotopic (exact) mass is 299 g/mol. The molecular weight excluding hydrogens is 286 g/mol. The molecule has 1 aliphatic carbocycles. The Balaban J connectivity index is 2.23. The highest BCUT2D eigenvalue weighted by molar-refractivity contribution is 7.92. The average molecular weight is 300 g/mol. The number of nitriles is 1. The van der Waals surface area contributed by atoms with E-state index in [1.807, 2.05) is 6.92 Å². The van der Waals surface area contributed by atoms with Gasteiger partial charge in [0.2, 0.25) is 0 Å². The lowest BCUT2D eigenvalue weighted by Gasteiger charge is -2.09. The van der Waals surface area contributed by atoms with Crippen molar-refractivity contribution in [1.29, 1.82) is 5.26 Å². The summed E-state index contributed by atoms with van der Waals surface area (Å²) in [5, 5.41) is 8.99. The van der Waals surface area contributed by atoms with Crippen LogP contribution in [0, 0.1) is 16.7 Å². The number of halogens is 1. The average Bonchev–Trinajstić information content (AvgIpc) is 3.13. The molecule has 19 heavy (non-hydrogen) atoms. The number of ether oxygens (including phenoxy) is 1. The van der Waals surface area contributed by atoms with Gasteiger partial charge >= 0.3 is 0 Å². The topological polar surface area (TPSA) is 67.2 Å². The summed E-state index contributed by atoms with van der Waals surface area (Å²) in [6, 6.07) is 8.11. The maximum atomic E-state index is 12.4. The molecule has 102 valence electrons. The molecule has 0 heterocycles. The van der Waals surface area contributed by atoms with Crippen molar-refractivity contribution in [2.75, 3.05) is 13.2 Å². The third-order valence-corrected chi connectivity index (χ3v) is 5.86. The zero-order chi connectivity index (χ0) is 14.1. The summed E-state index contributed by atoms with van der Waals surface area (Å²) in [5.74, 6) is 0. The minimum absolute atomic E-state index is 0.164.